The van der Waals surface area contributed by atoms with Crippen LogP contribution in [0.3, 0.4) is 0 Å². The van der Waals surface area contributed by atoms with E-state index in [-0.39, 0.29) is 11.2 Å². The lowest BCUT2D eigenvalue weighted by molar-refractivity contribution is 0.102. The molecule has 1 N–H and O–H groups in total. The highest BCUT2D eigenvalue weighted by molar-refractivity contribution is 5.00. The monoisotopic (exact) mass is 226 g/mol. The average Bonchev–Trinajstić information content (AvgIpc) is 2.19. The zero-order valence-electron chi connectivity index (χ0n) is 9.95. The third-order valence-electron chi connectivity index (χ3n) is 2.12. The third-order valence-corrected chi connectivity index (χ3v) is 2.12. The van der Waals surface area contributed by atoms with E-state index in [0.717, 1.165) is 0 Å². The Labute approximate surface area is 94.1 Å². The van der Waals surface area contributed by atoms with Gasteiger partial charge in [0.1, 0.15) is 0 Å². The maximum atomic E-state index is 11.4. The second-order valence-corrected chi connectivity index (χ2v) is 4.23. The van der Waals surface area contributed by atoms with Crippen LogP contribution in [-0.4, -0.2) is 22.8 Å². The second-order valence-electron chi connectivity index (χ2n) is 4.23. The minimum absolute atomic E-state index is 0.329. The lowest BCUT2D eigenvalue weighted by Gasteiger charge is -2.08. The van der Waals surface area contributed by atoms with E-state index in [4.69, 9.17) is 4.74 Å². The molecule has 1 aromatic rings. The van der Waals surface area contributed by atoms with Gasteiger partial charge in [0.15, 0.2) is 0 Å². The molecule has 0 amide bonds. The van der Waals surface area contributed by atoms with Gasteiger partial charge in [-0.05, 0) is 12.8 Å². The summed E-state index contributed by atoms with van der Waals surface area (Å²) in [6, 6.07) is 0. The lowest BCUT2D eigenvalue weighted by atomic mass is 10.2. The molecule has 0 aliphatic heterocycles. The van der Waals surface area contributed by atoms with Crippen LogP contribution >= 0.6 is 0 Å². The van der Waals surface area contributed by atoms with Crippen LogP contribution in [0.5, 0.6) is 0 Å². The Bertz CT molecular complexity index is 445. The molecule has 0 bridgehead atoms. The number of ether oxygens (including phenoxy) is 1. The van der Waals surface area contributed by atoms with Crippen LogP contribution < -0.4 is 11.2 Å². The number of aromatic nitrogens is 2. The zero-order chi connectivity index (χ0) is 12.1. The molecule has 0 atom stereocenters. The van der Waals surface area contributed by atoms with Crippen molar-refractivity contribution in [1.29, 1.82) is 0 Å². The maximum absolute atomic E-state index is 11.4. The largest absolute Gasteiger partial charge is 0.379 e. The summed E-state index contributed by atoms with van der Waals surface area (Å²) < 4.78 is 6.83. The number of nitrogens with zero attached hydrogens (tertiary/aromatic N) is 1. The van der Waals surface area contributed by atoms with Crippen LogP contribution in [0, 0.1) is 12.8 Å². The number of nitrogens with one attached hydrogen (secondary N) is 1. The molecular weight excluding hydrogens is 208 g/mol. The van der Waals surface area contributed by atoms with Crippen LogP contribution in [0.15, 0.2) is 15.8 Å². The van der Waals surface area contributed by atoms with Crippen molar-refractivity contribution in [3.8, 4) is 0 Å². The molecular formula is C11H18N2O3. The van der Waals surface area contributed by atoms with Gasteiger partial charge in [0.2, 0.25) is 0 Å². The Morgan fingerprint density at radius 2 is 2.12 bits per heavy atom. The van der Waals surface area contributed by atoms with Crippen LogP contribution in [-0.2, 0) is 11.3 Å². The Morgan fingerprint density at radius 3 is 2.75 bits per heavy atom. The van der Waals surface area contributed by atoms with E-state index in [1.807, 2.05) is 0 Å². The standard InChI is InChI=1S/C11H18N2O3/c1-8(2)7-16-5-4-13-6-9(3)10(14)12-11(13)15/h6,8H,4-5,7H2,1-3H3,(H,12,14,15). The van der Waals surface area contributed by atoms with Crippen LogP contribution in [0.2, 0.25) is 0 Å². The summed E-state index contributed by atoms with van der Waals surface area (Å²) in [6.07, 6.45) is 1.56. The summed E-state index contributed by atoms with van der Waals surface area (Å²) in [5.74, 6) is 0.481. The summed E-state index contributed by atoms with van der Waals surface area (Å²) in [6.45, 7) is 7.42. The predicted octanol–water partition coefficient (Wildman–Crippen LogP) is 0.518. The van der Waals surface area contributed by atoms with Crippen LogP contribution in [0.25, 0.3) is 0 Å². The van der Waals surface area contributed by atoms with Crippen molar-refractivity contribution in [3.63, 3.8) is 0 Å². The van der Waals surface area contributed by atoms with Crippen molar-refractivity contribution < 1.29 is 4.74 Å². The van der Waals surface area contributed by atoms with E-state index in [1.54, 1.807) is 13.1 Å². The highest BCUT2D eigenvalue weighted by atomic mass is 16.5. The van der Waals surface area contributed by atoms with Gasteiger partial charge < -0.3 is 4.74 Å². The minimum Gasteiger partial charge on any atom is -0.379 e. The fraction of sp³-hybridized carbons (Fsp3) is 0.636. The van der Waals surface area contributed by atoms with E-state index in [9.17, 15) is 9.59 Å². The molecule has 5 nitrogen and oxygen atoms in total. The van der Waals surface area contributed by atoms with Gasteiger partial charge in [-0.1, -0.05) is 13.8 Å². The molecule has 1 aromatic heterocycles. The highest BCUT2D eigenvalue weighted by Crippen LogP contribution is 1.92. The van der Waals surface area contributed by atoms with Crippen molar-refractivity contribution in [2.75, 3.05) is 13.2 Å². The minimum atomic E-state index is -0.385. The van der Waals surface area contributed by atoms with Crippen molar-refractivity contribution in [3.05, 3.63) is 32.6 Å². The number of hydrogen-bond donors (Lipinski definition) is 1. The first-order chi connectivity index (χ1) is 7.50. The van der Waals surface area contributed by atoms with Gasteiger partial charge in [-0.15, -0.1) is 0 Å². The summed E-state index contributed by atoms with van der Waals surface area (Å²) >= 11 is 0. The molecule has 0 fully saturated rings. The normalized spacial score (nSPS) is 11.0. The fourth-order valence-electron chi connectivity index (χ4n) is 1.27. The van der Waals surface area contributed by atoms with Gasteiger partial charge in [-0.3, -0.25) is 14.3 Å². The van der Waals surface area contributed by atoms with Crippen molar-refractivity contribution >= 4 is 0 Å². The lowest BCUT2D eigenvalue weighted by Crippen LogP contribution is -2.31. The molecule has 0 saturated heterocycles. The zero-order valence-corrected chi connectivity index (χ0v) is 9.95. The summed E-state index contributed by atoms with van der Waals surface area (Å²) in [7, 11) is 0. The van der Waals surface area contributed by atoms with E-state index < -0.39 is 0 Å². The third kappa shape index (κ3) is 3.66. The molecule has 1 heterocycles. The van der Waals surface area contributed by atoms with E-state index >= 15 is 0 Å². The van der Waals surface area contributed by atoms with Gasteiger partial charge in [0.25, 0.3) is 5.56 Å². The smallest absolute Gasteiger partial charge is 0.328 e. The predicted molar refractivity (Wildman–Crippen MR) is 61.7 cm³/mol. The molecule has 90 valence electrons. The second kappa shape index (κ2) is 5.65. The Kier molecular flexibility index (Phi) is 4.49. The SMILES string of the molecule is Cc1cn(CCOCC(C)C)c(=O)[nH]c1=O. The fourth-order valence-corrected chi connectivity index (χ4v) is 1.27. The molecule has 1 rings (SSSR count). The topological polar surface area (TPSA) is 64.1 Å². The number of H-pyrrole nitrogens is 1. The summed E-state index contributed by atoms with van der Waals surface area (Å²) in [5.41, 5.74) is -0.184. The number of hydrogen-bond acceptors (Lipinski definition) is 3. The van der Waals surface area contributed by atoms with E-state index in [0.29, 0.717) is 31.2 Å². The Morgan fingerprint density at radius 1 is 1.44 bits per heavy atom. The Hall–Kier alpha value is -1.36. The van der Waals surface area contributed by atoms with Gasteiger partial charge in [-0.25, -0.2) is 4.79 Å². The molecule has 0 unspecified atom stereocenters. The molecule has 0 spiro atoms. The van der Waals surface area contributed by atoms with Gasteiger partial charge in [0, 0.05) is 18.4 Å². The molecule has 0 aliphatic rings. The van der Waals surface area contributed by atoms with Gasteiger partial charge in [0.05, 0.1) is 13.2 Å². The average molecular weight is 226 g/mol. The number of rotatable bonds is 5. The molecule has 0 radical (unpaired) electrons. The first-order valence-corrected chi connectivity index (χ1v) is 5.39. The van der Waals surface area contributed by atoms with Gasteiger partial charge in [-0.2, -0.15) is 0 Å². The Balaban J connectivity index is 2.58. The van der Waals surface area contributed by atoms with E-state index in [2.05, 4.69) is 18.8 Å². The maximum Gasteiger partial charge on any atom is 0.328 e. The quantitative estimate of drug-likeness (QED) is 0.744. The molecule has 16 heavy (non-hydrogen) atoms. The first kappa shape index (κ1) is 12.7. The van der Waals surface area contributed by atoms with Gasteiger partial charge >= 0.3 is 5.69 Å². The molecule has 0 aliphatic carbocycles. The molecule has 0 saturated carbocycles. The molecule has 0 aromatic carbocycles. The van der Waals surface area contributed by atoms with Crippen molar-refractivity contribution in [1.82, 2.24) is 9.55 Å². The molecule has 5 heteroatoms. The highest BCUT2D eigenvalue weighted by Gasteiger charge is 2.00. The summed E-state index contributed by atoms with van der Waals surface area (Å²) in [4.78, 5) is 24.7. The first-order valence-electron chi connectivity index (χ1n) is 5.39. The van der Waals surface area contributed by atoms with E-state index in [1.165, 1.54) is 4.57 Å². The summed E-state index contributed by atoms with van der Waals surface area (Å²) in [5, 5.41) is 0. The number of aryl methyl sites for hydroxylation is 1. The van der Waals surface area contributed by atoms with Crippen LogP contribution in [0.1, 0.15) is 19.4 Å². The van der Waals surface area contributed by atoms with Crippen molar-refractivity contribution in [2.24, 2.45) is 5.92 Å². The van der Waals surface area contributed by atoms with Crippen molar-refractivity contribution in [2.45, 2.75) is 27.3 Å². The van der Waals surface area contributed by atoms with Crippen LogP contribution in [0.4, 0.5) is 0 Å². The number of aromatic amines is 1.